The molecule has 3 aromatic rings. The van der Waals surface area contributed by atoms with Crippen LogP contribution in [0.3, 0.4) is 0 Å². The third-order valence-corrected chi connectivity index (χ3v) is 7.05. The average Bonchev–Trinajstić information content (AvgIpc) is 2.86. The number of aryl methyl sites for hydroxylation is 1. The van der Waals surface area contributed by atoms with Gasteiger partial charge in [-0.2, -0.15) is 0 Å². The van der Waals surface area contributed by atoms with Crippen molar-refractivity contribution in [1.29, 1.82) is 0 Å². The minimum absolute atomic E-state index is 0.101. The van der Waals surface area contributed by atoms with Crippen LogP contribution in [0, 0.1) is 11.7 Å². The number of nitrogens with zero attached hydrogens (tertiary/aromatic N) is 1. The number of carbonyl (C=O) groups excluding carboxylic acids is 1. The first-order valence-corrected chi connectivity index (χ1v) is 12.3. The van der Waals surface area contributed by atoms with Gasteiger partial charge in [0, 0.05) is 17.9 Å². The van der Waals surface area contributed by atoms with Gasteiger partial charge in [-0.3, -0.25) is 4.79 Å². The summed E-state index contributed by atoms with van der Waals surface area (Å²) in [4.78, 5) is 14.9. The predicted octanol–water partition coefficient (Wildman–Crippen LogP) is 6.90. The van der Waals surface area contributed by atoms with Gasteiger partial charge in [-0.05, 0) is 92.2 Å². The molecule has 1 saturated heterocycles. The molecule has 0 bridgehead atoms. The van der Waals surface area contributed by atoms with Gasteiger partial charge in [0.25, 0.3) is 0 Å². The Morgan fingerprint density at radius 3 is 2.18 bits per heavy atom. The van der Waals surface area contributed by atoms with Gasteiger partial charge in [0.05, 0.1) is 0 Å². The Morgan fingerprint density at radius 1 is 0.909 bits per heavy atom. The summed E-state index contributed by atoms with van der Waals surface area (Å²) in [5.74, 6) is 0.852. The molecule has 33 heavy (non-hydrogen) atoms. The summed E-state index contributed by atoms with van der Waals surface area (Å²) in [7, 11) is 0. The van der Waals surface area contributed by atoms with E-state index < -0.39 is 0 Å². The Morgan fingerprint density at radius 2 is 1.55 bits per heavy atom. The molecule has 1 fully saturated rings. The molecule has 1 aliphatic heterocycles. The molecule has 0 saturated carbocycles. The van der Waals surface area contributed by atoms with Crippen LogP contribution in [0.5, 0.6) is 0 Å². The number of hydrogen-bond acceptors (Lipinski definition) is 2. The fourth-order valence-corrected chi connectivity index (χ4v) is 5.11. The van der Waals surface area contributed by atoms with E-state index in [0.717, 1.165) is 32.5 Å². The molecule has 4 rings (SSSR count). The van der Waals surface area contributed by atoms with Crippen LogP contribution >= 0.6 is 0 Å². The van der Waals surface area contributed by atoms with Crippen LogP contribution in [-0.4, -0.2) is 30.3 Å². The summed E-state index contributed by atoms with van der Waals surface area (Å²) in [6.45, 7) is 5.30. The Bertz CT molecular complexity index is 1010. The van der Waals surface area contributed by atoms with E-state index in [0.29, 0.717) is 23.8 Å². The molecule has 172 valence electrons. The molecule has 1 aliphatic rings. The van der Waals surface area contributed by atoms with Crippen molar-refractivity contribution in [2.75, 3.05) is 19.6 Å². The van der Waals surface area contributed by atoms with E-state index in [-0.39, 0.29) is 11.6 Å². The van der Waals surface area contributed by atoms with Gasteiger partial charge in [-0.1, -0.05) is 61.5 Å². The van der Waals surface area contributed by atoms with Gasteiger partial charge in [0.2, 0.25) is 0 Å². The molecule has 3 heteroatoms. The topological polar surface area (TPSA) is 20.3 Å². The van der Waals surface area contributed by atoms with E-state index in [1.807, 2.05) is 0 Å². The highest BCUT2D eigenvalue weighted by Crippen LogP contribution is 2.38. The van der Waals surface area contributed by atoms with Gasteiger partial charge in [-0.15, -0.1) is 0 Å². The largest absolute Gasteiger partial charge is 0.303 e. The van der Waals surface area contributed by atoms with Crippen LogP contribution in [-0.2, 0) is 6.42 Å². The van der Waals surface area contributed by atoms with Crippen LogP contribution in [0.4, 0.5) is 4.39 Å². The number of rotatable bonds is 9. The van der Waals surface area contributed by atoms with Crippen molar-refractivity contribution in [3.63, 3.8) is 0 Å². The molecule has 3 aromatic carbocycles. The molecule has 0 N–H and O–H groups in total. The van der Waals surface area contributed by atoms with E-state index >= 15 is 0 Å². The smallest absolute Gasteiger partial charge is 0.162 e. The fraction of sp³-hybridized carbons (Fsp3) is 0.367. The van der Waals surface area contributed by atoms with Crippen LogP contribution in [0.1, 0.15) is 65.6 Å². The number of halogens is 1. The number of hydrogen-bond donors (Lipinski definition) is 0. The molecule has 0 amide bonds. The monoisotopic (exact) mass is 443 g/mol. The SMILES string of the molecule is CCc1ccc(C(c2ccccc2)C2CCN(CCCC(=O)c3ccc(F)cc3)CC2)cc1. The molecular weight excluding hydrogens is 409 g/mol. The van der Waals surface area contributed by atoms with E-state index in [9.17, 15) is 9.18 Å². The molecule has 0 spiro atoms. The first-order chi connectivity index (χ1) is 16.1. The predicted molar refractivity (Wildman–Crippen MR) is 133 cm³/mol. The summed E-state index contributed by atoms with van der Waals surface area (Å²) in [5.41, 5.74) is 4.82. The van der Waals surface area contributed by atoms with Crippen molar-refractivity contribution in [2.45, 2.75) is 44.9 Å². The minimum Gasteiger partial charge on any atom is -0.303 e. The lowest BCUT2D eigenvalue weighted by atomic mass is 9.76. The molecule has 0 aliphatic carbocycles. The van der Waals surface area contributed by atoms with Gasteiger partial charge < -0.3 is 4.90 Å². The highest BCUT2D eigenvalue weighted by atomic mass is 19.1. The van der Waals surface area contributed by atoms with Gasteiger partial charge in [-0.25, -0.2) is 4.39 Å². The van der Waals surface area contributed by atoms with Gasteiger partial charge in [0.15, 0.2) is 5.78 Å². The zero-order chi connectivity index (χ0) is 23.0. The van der Waals surface area contributed by atoms with Crippen molar-refractivity contribution in [3.05, 3.63) is 107 Å². The molecule has 2 nitrogen and oxygen atoms in total. The van der Waals surface area contributed by atoms with Crippen molar-refractivity contribution < 1.29 is 9.18 Å². The maximum Gasteiger partial charge on any atom is 0.162 e. The van der Waals surface area contributed by atoms with E-state index in [1.54, 1.807) is 12.1 Å². The second kappa shape index (κ2) is 11.4. The Hall–Kier alpha value is -2.78. The van der Waals surface area contributed by atoms with Gasteiger partial charge >= 0.3 is 0 Å². The highest BCUT2D eigenvalue weighted by Gasteiger charge is 2.28. The third kappa shape index (κ3) is 6.17. The third-order valence-electron chi connectivity index (χ3n) is 7.05. The minimum atomic E-state index is -0.301. The lowest BCUT2D eigenvalue weighted by Gasteiger charge is -2.36. The van der Waals surface area contributed by atoms with E-state index in [2.05, 4.69) is 66.4 Å². The first-order valence-electron chi connectivity index (χ1n) is 12.3. The zero-order valence-electron chi connectivity index (χ0n) is 19.6. The highest BCUT2D eigenvalue weighted by molar-refractivity contribution is 5.95. The summed E-state index contributed by atoms with van der Waals surface area (Å²) in [6, 6.07) is 26.0. The second-order valence-corrected chi connectivity index (χ2v) is 9.20. The molecular formula is C30H34FNO. The number of Topliss-reactive ketones (excluding diaryl/α,β-unsaturated/α-hetero) is 1. The molecule has 1 unspecified atom stereocenters. The average molecular weight is 444 g/mol. The first kappa shape index (κ1) is 23.4. The maximum absolute atomic E-state index is 13.1. The van der Waals surface area contributed by atoms with Crippen molar-refractivity contribution in [2.24, 2.45) is 5.92 Å². The molecule has 1 atom stereocenters. The lowest BCUT2D eigenvalue weighted by Crippen LogP contribution is -2.36. The van der Waals surface area contributed by atoms with Crippen LogP contribution in [0.25, 0.3) is 0 Å². The molecule has 0 radical (unpaired) electrons. The number of benzene rings is 3. The summed E-state index contributed by atoms with van der Waals surface area (Å²) in [5, 5.41) is 0. The molecule has 1 heterocycles. The lowest BCUT2D eigenvalue weighted by molar-refractivity contribution is 0.0969. The number of piperidine rings is 1. The fourth-order valence-electron chi connectivity index (χ4n) is 5.11. The number of ketones is 1. The summed E-state index contributed by atoms with van der Waals surface area (Å²) in [6.07, 6.45) is 4.77. The normalized spacial score (nSPS) is 15.9. The van der Waals surface area contributed by atoms with E-state index in [1.165, 1.54) is 41.7 Å². The number of likely N-dealkylation sites (tertiary alicyclic amines) is 1. The Balaban J connectivity index is 1.33. The zero-order valence-corrected chi connectivity index (χ0v) is 19.6. The van der Waals surface area contributed by atoms with Crippen LogP contribution in [0.15, 0.2) is 78.9 Å². The standard InChI is InChI=1S/C30H34FNO/c1-2-23-10-12-26(13-11-23)30(25-7-4-3-5-8-25)27-18-21-32(22-19-27)20-6-9-29(33)24-14-16-28(31)17-15-24/h3-5,7-8,10-17,27,30H,2,6,9,18-22H2,1H3. The molecule has 0 aromatic heterocycles. The van der Waals surface area contributed by atoms with Crippen LogP contribution in [0.2, 0.25) is 0 Å². The van der Waals surface area contributed by atoms with Gasteiger partial charge in [0.1, 0.15) is 5.82 Å². The quantitative estimate of drug-likeness (QED) is 0.335. The van der Waals surface area contributed by atoms with Crippen molar-refractivity contribution >= 4 is 5.78 Å². The van der Waals surface area contributed by atoms with E-state index in [4.69, 9.17) is 0 Å². The Kier molecular flexibility index (Phi) is 8.06. The second-order valence-electron chi connectivity index (χ2n) is 9.20. The van der Waals surface area contributed by atoms with Crippen molar-refractivity contribution in [1.82, 2.24) is 4.90 Å². The maximum atomic E-state index is 13.1. The summed E-state index contributed by atoms with van der Waals surface area (Å²) < 4.78 is 13.1. The van der Waals surface area contributed by atoms with Crippen LogP contribution < -0.4 is 0 Å². The Labute approximate surface area is 197 Å². The summed E-state index contributed by atoms with van der Waals surface area (Å²) >= 11 is 0. The van der Waals surface area contributed by atoms with Crippen molar-refractivity contribution in [3.8, 4) is 0 Å². The number of carbonyl (C=O) groups is 1.